The molecule has 1 aliphatic carbocycles. The maximum atomic E-state index is 14.0. The summed E-state index contributed by atoms with van der Waals surface area (Å²) >= 11 is 0. The molecule has 8 heteroatoms. The summed E-state index contributed by atoms with van der Waals surface area (Å²) in [5.41, 5.74) is 1.73. The van der Waals surface area contributed by atoms with Gasteiger partial charge < -0.3 is 20.5 Å². The molecule has 0 unspecified atom stereocenters. The van der Waals surface area contributed by atoms with Crippen molar-refractivity contribution < 1.29 is 29.0 Å². The zero-order chi connectivity index (χ0) is 32.2. The summed E-state index contributed by atoms with van der Waals surface area (Å²) in [5.74, 6) is -1.12. The highest BCUT2D eigenvalue weighted by molar-refractivity contribution is 5.93. The van der Waals surface area contributed by atoms with Crippen molar-refractivity contribution in [2.45, 2.75) is 83.9 Å². The van der Waals surface area contributed by atoms with Gasteiger partial charge in [-0.15, -0.1) is 0 Å². The molecule has 0 saturated heterocycles. The van der Waals surface area contributed by atoms with Crippen LogP contribution >= 0.6 is 0 Å². The Bertz CT molecular complexity index is 1430. The fraction of sp³-hybridized carbons (Fsp3) is 0.459. The van der Waals surface area contributed by atoms with Crippen molar-refractivity contribution >= 4 is 34.3 Å². The lowest BCUT2D eigenvalue weighted by molar-refractivity contribution is -0.132. The van der Waals surface area contributed by atoms with Crippen molar-refractivity contribution in [3.8, 4) is 0 Å². The highest BCUT2D eigenvalue weighted by atomic mass is 16.5. The van der Waals surface area contributed by atoms with Crippen LogP contribution in [-0.2, 0) is 32.1 Å². The van der Waals surface area contributed by atoms with Gasteiger partial charge in [-0.2, -0.15) is 0 Å². The molecule has 0 spiro atoms. The number of alkyl carbamates (subject to hydrolysis) is 1. The van der Waals surface area contributed by atoms with Gasteiger partial charge in [0.2, 0.25) is 5.91 Å². The van der Waals surface area contributed by atoms with E-state index in [1.54, 1.807) is 0 Å². The number of hydrogen-bond donors (Lipinski definition) is 3. The smallest absolute Gasteiger partial charge is 0.408 e. The average molecular weight is 615 g/mol. The molecule has 4 rings (SSSR count). The Hall–Kier alpha value is -4.04. The van der Waals surface area contributed by atoms with Gasteiger partial charge in [-0.05, 0) is 53.5 Å². The highest BCUT2D eigenvalue weighted by Gasteiger charge is 2.31. The van der Waals surface area contributed by atoms with Crippen LogP contribution in [0.3, 0.4) is 0 Å². The van der Waals surface area contributed by atoms with Crippen LogP contribution in [0.1, 0.15) is 69.9 Å². The van der Waals surface area contributed by atoms with Gasteiger partial charge in [-0.3, -0.25) is 14.4 Å². The Kier molecular flexibility index (Phi) is 12.7. The van der Waals surface area contributed by atoms with E-state index < -0.39 is 24.1 Å². The Labute approximate surface area is 265 Å². The quantitative estimate of drug-likeness (QED) is 0.195. The van der Waals surface area contributed by atoms with Gasteiger partial charge in [0.1, 0.15) is 12.4 Å². The lowest BCUT2D eigenvalue weighted by atomic mass is 9.83. The van der Waals surface area contributed by atoms with E-state index in [9.17, 15) is 24.3 Å². The summed E-state index contributed by atoms with van der Waals surface area (Å²) in [6, 6.07) is 21.6. The summed E-state index contributed by atoms with van der Waals surface area (Å²) in [5, 5.41) is 17.8. The van der Waals surface area contributed by atoms with Crippen LogP contribution < -0.4 is 10.6 Å². The minimum Gasteiger partial charge on any atom is -0.445 e. The molecule has 1 aliphatic rings. The molecule has 3 N–H and O–H groups in total. The first-order chi connectivity index (χ1) is 21.7. The molecule has 1 saturated carbocycles. The molecule has 2 amide bonds. The van der Waals surface area contributed by atoms with Crippen LogP contribution in [0.5, 0.6) is 0 Å². The predicted octanol–water partition coefficient (Wildman–Crippen LogP) is 5.93. The highest BCUT2D eigenvalue weighted by Crippen LogP contribution is 2.26. The maximum absolute atomic E-state index is 14.0. The minimum atomic E-state index is -0.921. The van der Waals surface area contributed by atoms with Crippen molar-refractivity contribution in [3.05, 3.63) is 83.9 Å². The van der Waals surface area contributed by atoms with Gasteiger partial charge in [0, 0.05) is 31.1 Å². The number of fused-ring (bicyclic) bond motifs is 1. The first kappa shape index (κ1) is 33.8. The summed E-state index contributed by atoms with van der Waals surface area (Å²) in [4.78, 5) is 52.9. The number of nitrogens with one attached hydrogen (secondary N) is 2. The van der Waals surface area contributed by atoms with Crippen LogP contribution in [0.2, 0.25) is 0 Å². The van der Waals surface area contributed by atoms with Gasteiger partial charge in [-0.25, -0.2) is 4.79 Å². The van der Waals surface area contributed by atoms with E-state index in [-0.39, 0.29) is 55.4 Å². The number of aliphatic hydroxyl groups excluding tert-OH is 1. The second-order valence-electron chi connectivity index (χ2n) is 12.6. The molecule has 3 aromatic carbocycles. The summed E-state index contributed by atoms with van der Waals surface area (Å²) in [6.07, 6.45) is 3.45. The van der Waals surface area contributed by atoms with Crippen molar-refractivity contribution in [1.82, 2.24) is 10.6 Å². The van der Waals surface area contributed by atoms with Crippen LogP contribution in [0.4, 0.5) is 4.79 Å². The number of rotatable bonds is 15. The Morgan fingerprint density at radius 1 is 0.933 bits per heavy atom. The topological polar surface area (TPSA) is 122 Å². The number of amides is 2. The average Bonchev–Trinajstić information content (AvgIpc) is 3.04. The molecular formula is C37H46N2O6. The lowest BCUT2D eigenvalue weighted by Crippen LogP contribution is -2.46. The first-order valence-electron chi connectivity index (χ1n) is 16.1. The molecular weight excluding hydrogens is 568 g/mol. The van der Waals surface area contributed by atoms with Crippen LogP contribution in [0, 0.1) is 17.8 Å². The molecule has 0 aromatic heterocycles. The van der Waals surface area contributed by atoms with Gasteiger partial charge in [0.15, 0.2) is 5.78 Å². The summed E-state index contributed by atoms with van der Waals surface area (Å²) in [7, 11) is 0. The summed E-state index contributed by atoms with van der Waals surface area (Å²) < 4.78 is 5.46. The fourth-order valence-corrected chi connectivity index (χ4v) is 6.23. The molecule has 0 heterocycles. The zero-order valence-electron chi connectivity index (χ0n) is 26.4. The summed E-state index contributed by atoms with van der Waals surface area (Å²) in [6.45, 7) is 3.76. The Balaban J connectivity index is 1.50. The maximum Gasteiger partial charge on any atom is 0.408 e. The van der Waals surface area contributed by atoms with E-state index in [4.69, 9.17) is 4.74 Å². The third-order valence-electron chi connectivity index (χ3n) is 8.59. The predicted molar refractivity (Wildman–Crippen MR) is 174 cm³/mol. The minimum absolute atomic E-state index is 0.0618. The number of carbonyl (C=O) groups is 4. The standard InChI is InChI=1S/C37H46N2O6/c1-25(2)19-30(36(43)38-31(23-40)20-29-14-7-9-18-34(29)41)22-35(42)33(39-37(44)45-24-26-11-4-3-5-12-26)21-28-16-10-15-27-13-6-8-17-32(27)28/h3-6,8,10-13,15-17,25,29-31,33,40H,7,9,14,18-24H2,1-2H3,(H,38,43)(H,39,44)/t29-,30+,31-,33+/m0/s1. The third kappa shape index (κ3) is 10.2. The number of hydrogen-bond acceptors (Lipinski definition) is 6. The molecule has 0 aliphatic heterocycles. The van der Waals surface area contributed by atoms with Gasteiger partial charge in [0.25, 0.3) is 0 Å². The second-order valence-corrected chi connectivity index (χ2v) is 12.6. The van der Waals surface area contributed by atoms with Crippen molar-refractivity contribution in [2.24, 2.45) is 17.8 Å². The first-order valence-corrected chi connectivity index (χ1v) is 16.1. The Morgan fingerprint density at radius 3 is 2.40 bits per heavy atom. The van der Waals surface area contributed by atoms with E-state index in [0.717, 1.165) is 41.2 Å². The monoisotopic (exact) mass is 614 g/mol. The molecule has 45 heavy (non-hydrogen) atoms. The zero-order valence-corrected chi connectivity index (χ0v) is 26.4. The third-order valence-corrected chi connectivity index (χ3v) is 8.59. The molecule has 1 fully saturated rings. The van der Waals surface area contributed by atoms with Crippen molar-refractivity contribution in [1.29, 1.82) is 0 Å². The Morgan fingerprint density at radius 2 is 1.67 bits per heavy atom. The van der Waals surface area contributed by atoms with E-state index in [1.807, 2.05) is 86.6 Å². The van der Waals surface area contributed by atoms with E-state index in [0.29, 0.717) is 19.3 Å². The number of aliphatic hydroxyl groups is 1. The molecule has 240 valence electrons. The molecule has 8 nitrogen and oxygen atoms in total. The fourth-order valence-electron chi connectivity index (χ4n) is 6.23. The van der Waals surface area contributed by atoms with E-state index in [2.05, 4.69) is 10.6 Å². The molecule has 0 radical (unpaired) electrons. The van der Waals surface area contributed by atoms with Gasteiger partial charge >= 0.3 is 6.09 Å². The van der Waals surface area contributed by atoms with Crippen molar-refractivity contribution in [3.63, 3.8) is 0 Å². The van der Waals surface area contributed by atoms with Crippen LogP contribution in [-0.4, -0.2) is 47.4 Å². The second kappa shape index (κ2) is 16.9. The normalized spacial score (nSPS) is 17.0. The number of ketones is 2. The number of Topliss-reactive ketones (excluding diaryl/α,β-unsaturated/α-hetero) is 2. The number of benzene rings is 3. The van der Waals surface area contributed by atoms with Gasteiger partial charge in [0.05, 0.1) is 18.7 Å². The number of ether oxygens (including phenoxy) is 1. The van der Waals surface area contributed by atoms with E-state index >= 15 is 0 Å². The van der Waals surface area contributed by atoms with Gasteiger partial charge in [-0.1, -0.05) is 93.1 Å². The molecule has 0 bridgehead atoms. The van der Waals surface area contributed by atoms with Crippen LogP contribution in [0.25, 0.3) is 10.8 Å². The van der Waals surface area contributed by atoms with Crippen molar-refractivity contribution in [2.75, 3.05) is 6.61 Å². The SMILES string of the molecule is CC(C)C[C@H](CC(=O)[C@@H](Cc1cccc2ccccc12)NC(=O)OCc1ccccc1)C(=O)N[C@H](CO)C[C@@H]1CCCCC1=O. The molecule has 3 aromatic rings. The largest absolute Gasteiger partial charge is 0.445 e. The van der Waals surface area contributed by atoms with Crippen LogP contribution in [0.15, 0.2) is 72.8 Å². The number of carbonyl (C=O) groups excluding carboxylic acids is 4. The van der Waals surface area contributed by atoms with E-state index in [1.165, 1.54) is 0 Å². The lowest BCUT2D eigenvalue weighted by Gasteiger charge is -2.27. The molecule has 4 atom stereocenters.